The maximum atomic E-state index is 6.05. The third kappa shape index (κ3) is 5.36. The maximum absolute atomic E-state index is 6.05. The van der Waals surface area contributed by atoms with Crippen LogP contribution in [0.1, 0.15) is 46.5 Å². The van der Waals surface area contributed by atoms with E-state index in [0.29, 0.717) is 0 Å². The first-order chi connectivity index (χ1) is 8.06. The van der Waals surface area contributed by atoms with E-state index in [1.54, 1.807) is 7.11 Å². The van der Waals surface area contributed by atoms with Gasteiger partial charge in [0.1, 0.15) is 0 Å². The van der Waals surface area contributed by atoms with Crippen molar-refractivity contribution in [1.29, 1.82) is 0 Å². The number of hydrogen-bond acceptors (Lipinski definition) is 3. The number of nitrogens with zero attached hydrogens (tertiary/aromatic N) is 1. The Morgan fingerprint density at radius 3 is 2.41 bits per heavy atom. The summed E-state index contributed by atoms with van der Waals surface area (Å²) in [5.41, 5.74) is 6.22. The number of ether oxygens (including phenoxy) is 1. The van der Waals surface area contributed by atoms with Crippen molar-refractivity contribution in [3.8, 4) is 0 Å². The summed E-state index contributed by atoms with van der Waals surface area (Å²) < 4.78 is 5.12. The molecule has 0 aromatic heterocycles. The first kappa shape index (κ1) is 16.9. The van der Waals surface area contributed by atoms with Crippen LogP contribution in [0.4, 0.5) is 0 Å². The molecule has 2 N–H and O–H groups in total. The van der Waals surface area contributed by atoms with Crippen LogP contribution in [-0.4, -0.2) is 44.3 Å². The van der Waals surface area contributed by atoms with Gasteiger partial charge in [0.2, 0.25) is 0 Å². The lowest BCUT2D eigenvalue weighted by Gasteiger charge is -2.42. The lowest BCUT2D eigenvalue weighted by Crippen LogP contribution is -2.53. The molecular weight excluding hydrogens is 212 g/mol. The molecule has 0 aliphatic heterocycles. The molecule has 0 saturated heterocycles. The Morgan fingerprint density at radius 2 is 2.00 bits per heavy atom. The average molecular weight is 244 g/mol. The van der Waals surface area contributed by atoms with Crippen LogP contribution < -0.4 is 5.73 Å². The summed E-state index contributed by atoms with van der Waals surface area (Å²) in [6.07, 6.45) is 4.63. The van der Waals surface area contributed by atoms with Gasteiger partial charge in [0.15, 0.2) is 0 Å². The van der Waals surface area contributed by atoms with Gasteiger partial charge in [-0.05, 0) is 32.2 Å². The summed E-state index contributed by atoms with van der Waals surface area (Å²) in [6.45, 7) is 9.47. The van der Waals surface area contributed by atoms with Crippen LogP contribution in [0.5, 0.6) is 0 Å². The van der Waals surface area contributed by atoms with Gasteiger partial charge in [-0.15, -0.1) is 0 Å². The van der Waals surface area contributed by atoms with Gasteiger partial charge in [0.25, 0.3) is 0 Å². The highest BCUT2D eigenvalue weighted by atomic mass is 16.5. The minimum absolute atomic E-state index is 0.170. The second-order valence-corrected chi connectivity index (χ2v) is 5.27. The Morgan fingerprint density at radius 1 is 1.35 bits per heavy atom. The Bertz CT molecular complexity index is 181. The quantitative estimate of drug-likeness (QED) is 0.600. The molecule has 17 heavy (non-hydrogen) atoms. The van der Waals surface area contributed by atoms with Crippen LogP contribution in [0.3, 0.4) is 0 Å². The fourth-order valence-corrected chi connectivity index (χ4v) is 2.43. The molecule has 0 spiro atoms. The number of methoxy groups -OCH3 is 1. The molecule has 0 radical (unpaired) electrons. The molecule has 0 rings (SSSR count). The average Bonchev–Trinajstić information content (AvgIpc) is 2.35. The molecule has 0 aliphatic carbocycles. The highest BCUT2D eigenvalue weighted by Crippen LogP contribution is 2.27. The van der Waals surface area contributed by atoms with Crippen LogP contribution >= 0.6 is 0 Å². The van der Waals surface area contributed by atoms with Gasteiger partial charge in [-0.2, -0.15) is 0 Å². The molecule has 0 amide bonds. The van der Waals surface area contributed by atoms with Crippen molar-refractivity contribution in [2.75, 3.05) is 33.9 Å². The van der Waals surface area contributed by atoms with Gasteiger partial charge < -0.3 is 10.5 Å². The van der Waals surface area contributed by atoms with E-state index in [1.807, 2.05) is 0 Å². The summed E-state index contributed by atoms with van der Waals surface area (Å²) in [5.74, 6) is 0.739. The third-order valence-electron chi connectivity index (χ3n) is 4.12. The second-order valence-electron chi connectivity index (χ2n) is 5.27. The predicted molar refractivity (Wildman–Crippen MR) is 75.3 cm³/mol. The molecule has 3 heteroatoms. The molecule has 0 bridgehead atoms. The molecule has 0 aromatic rings. The van der Waals surface area contributed by atoms with Gasteiger partial charge in [-0.25, -0.2) is 0 Å². The van der Waals surface area contributed by atoms with Crippen LogP contribution in [-0.2, 0) is 4.74 Å². The molecule has 2 unspecified atom stereocenters. The molecule has 0 aromatic carbocycles. The maximum Gasteiger partial charge on any atom is 0.0474 e. The van der Waals surface area contributed by atoms with Crippen molar-refractivity contribution in [2.45, 2.75) is 52.0 Å². The normalized spacial score (nSPS) is 17.1. The van der Waals surface area contributed by atoms with E-state index in [9.17, 15) is 0 Å². The van der Waals surface area contributed by atoms with E-state index in [-0.39, 0.29) is 5.54 Å². The highest BCUT2D eigenvalue weighted by molar-refractivity contribution is 4.90. The van der Waals surface area contributed by atoms with Gasteiger partial charge in [-0.1, -0.05) is 27.2 Å². The summed E-state index contributed by atoms with van der Waals surface area (Å²) in [7, 11) is 3.96. The molecular formula is C14H32N2O. The number of likely N-dealkylation sites (N-methyl/N-ethyl adjacent to an activating group) is 1. The third-order valence-corrected chi connectivity index (χ3v) is 4.12. The van der Waals surface area contributed by atoms with Crippen LogP contribution in [0.25, 0.3) is 0 Å². The Balaban J connectivity index is 4.44. The molecule has 2 atom stereocenters. The first-order valence-electron chi connectivity index (χ1n) is 6.96. The molecule has 0 heterocycles. The van der Waals surface area contributed by atoms with E-state index in [0.717, 1.165) is 38.5 Å². The molecule has 104 valence electrons. The van der Waals surface area contributed by atoms with Crippen molar-refractivity contribution in [3.63, 3.8) is 0 Å². The molecule has 0 saturated carbocycles. The SMILES string of the molecule is CCC(C)CC(CC)(CN)N(C)CCCOC. The fraction of sp³-hybridized carbons (Fsp3) is 1.00. The van der Waals surface area contributed by atoms with Gasteiger partial charge in [0, 0.05) is 32.3 Å². The van der Waals surface area contributed by atoms with Gasteiger partial charge in [0.05, 0.1) is 0 Å². The number of hydrogen-bond donors (Lipinski definition) is 1. The number of nitrogens with two attached hydrogens (primary N) is 1. The van der Waals surface area contributed by atoms with Crippen molar-refractivity contribution in [1.82, 2.24) is 4.90 Å². The zero-order valence-corrected chi connectivity index (χ0v) is 12.5. The van der Waals surface area contributed by atoms with Crippen LogP contribution in [0.15, 0.2) is 0 Å². The standard InChI is InChI=1S/C14H32N2O/c1-6-13(3)11-14(7-2,12-15)16(4)9-8-10-17-5/h13H,6-12,15H2,1-5H3. The lowest BCUT2D eigenvalue weighted by molar-refractivity contribution is 0.0805. The highest BCUT2D eigenvalue weighted by Gasteiger charge is 2.32. The lowest BCUT2D eigenvalue weighted by atomic mass is 9.83. The van der Waals surface area contributed by atoms with Crippen molar-refractivity contribution >= 4 is 0 Å². The summed E-state index contributed by atoms with van der Waals surface area (Å²) in [4.78, 5) is 2.44. The molecule has 0 fully saturated rings. The van der Waals surface area contributed by atoms with Crippen LogP contribution in [0.2, 0.25) is 0 Å². The summed E-state index contributed by atoms with van der Waals surface area (Å²) in [6, 6.07) is 0. The topological polar surface area (TPSA) is 38.5 Å². The fourth-order valence-electron chi connectivity index (χ4n) is 2.43. The minimum Gasteiger partial charge on any atom is -0.385 e. The largest absolute Gasteiger partial charge is 0.385 e. The van der Waals surface area contributed by atoms with E-state index < -0.39 is 0 Å². The minimum atomic E-state index is 0.170. The molecule has 0 aliphatic rings. The van der Waals surface area contributed by atoms with E-state index in [1.165, 1.54) is 12.8 Å². The van der Waals surface area contributed by atoms with E-state index >= 15 is 0 Å². The van der Waals surface area contributed by atoms with Crippen molar-refractivity contribution in [2.24, 2.45) is 11.7 Å². The van der Waals surface area contributed by atoms with Gasteiger partial charge in [-0.3, -0.25) is 4.90 Å². The van der Waals surface area contributed by atoms with Crippen LogP contribution in [0, 0.1) is 5.92 Å². The van der Waals surface area contributed by atoms with E-state index in [4.69, 9.17) is 10.5 Å². The summed E-state index contributed by atoms with van der Waals surface area (Å²) >= 11 is 0. The predicted octanol–water partition coefficient (Wildman–Crippen LogP) is 2.50. The number of rotatable bonds is 10. The zero-order chi connectivity index (χ0) is 13.3. The summed E-state index contributed by atoms with van der Waals surface area (Å²) in [5, 5.41) is 0. The first-order valence-corrected chi connectivity index (χ1v) is 6.96. The zero-order valence-electron chi connectivity index (χ0n) is 12.5. The second kappa shape index (κ2) is 8.90. The van der Waals surface area contributed by atoms with Crippen molar-refractivity contribution in [3.05, 3.63) is 0 Å². The Labute approximate surface area is 108 Å². The van der Waals surface area contributed by atoms with Crippen molar-refractivity contribution < 1.29 is 4.74 Å². The Kier molecular flexibility index (Phi) is 8.83. The van der Waals surface area contributed by atoms with E-state index in [2.05, 4.69) is 32.7 Å². The molecule has 3 nitrogen and oxygen atoms in total. The van der Waals surface area contributed by atoms with Gasteiger partial charge >= 0.3 is 0 Å². The smallest absolute Gasteiger partial charge is 0.0474 e. The monoisotopic (exact) mass is 244 g/mol. The Hall–Kier alpha value is -0.120.